The Morgan fingerprint density at radius 1 is 1.10 bits per heavy atom. The molecule has 14 heteroatoms. The third-order valence-corrected chi connectivity index (χ3v) is 8.65. The van der Waals surface area contributed by atoms with Gasteiger partial charge in [-0.3, -0.25) is 15.3 Å². The van der Waals surface area contributed by atoms with Gasteiger partial charge in [0.05, 0.1) is 18.1 Å². The Balaban J connectivity index is 1.09. The van der Waals surface area contributed by atoms with Gasteiger partial charge in [0.1, 0.15) is 5.52 Å². The smallest absolute Gasteiger partial charge is 0.297 e. The first-order valence-corrected chi connectivity index (χ1v) is 14.0. The van der Waals surface area contributed by atoms with Gasteiger partial charge in [0.15, 0.2) is 17.0 Å². The van der Waals surface area contributed by atoms with Gasteiger partial charge >= 0.3 is 0 Å². The lowest BCUT2D eigenvalue weighted by molar-refractivity contribution is -0.123. The molecule has 2 aliphatic carbocycles. The Morgan fingerprint density at radius 2 is 1.90 bits per heavy atom. The molecule has 2 aromatic heterocycles. The van der Waals surface area contributed by atoms with Crippen LogP contribution in [0.1, 0.15) is 42.1 Å². The van der Waals surface area contributed by atoms with Crippen molar-refractivity contribution in [1.29, 1.82) is 0 Å². The number of nitrogens with zero attached hydrogens (tertiary/aromatic N) is 1. The van der Waals surface area contributed by atoms with Crippen LogP contribution in [-0.2, 0) is 25.1 Å². The third kappa shape index (κ3) is 4.68. The number of halogens is 1. The molecule has 2 fully saturated rings. The second-order valence-electron chi connectivity index (χ2n) is 10.4. The molecule has 1 spiro atoms. The summed E-state index contributed by atoms with van der Waals surface area (Å²) in [4.78, 5) is 29.5. The van der Waals surface area contributed by atoms with Crippen LogP contribution in [0.3, 0.4) is 0 Å². The molecule has 0 bridgehead atoms. The minimum Gasteiger partial charge on any atom is -0.439 e. The van der Waals surface area contributed by atoms with Crippen LogP contribution in [0.4, 0.5) is 0 Å². The first kappa shape index (κ1) is 25.8. The average molecular weight is 574 g/mol. The Hall–Kier alpha value is -3.41. The molecule has 6 N–H and O–H groups in total. The number of rotatable bonds is 6. The molecule has 12 nitrogen and oxygen atoms in total. The molecule has 3 heterocycles. The molecule has 3 aromatic rings. The fourth-order valence-electron chi connectivity index (χ4n) is 5.43. The normalized spacial score (nSPS) is 29.7. The van der Waals surface area contributed by atoms with E-state index in [-0.39, 0.29) is 18.8 Å². The zero-order valence-electron chi connectivity index (χ0n) is 20.5. The molecule has 1 saturated heterocycles. The Kier molecular flexibility index (Phi) is 5.83. The highest BCUT2D eigenvalue weighted by atomic mass is 35.5. The molecule has 1 saturated carbocycles. The zero-order valence-corrected chi connectivity index (χ0v) is 22.0. The van der Waals surface area contributed by atoms with E-state index in [1.54, 1.807) is 18.2 Å². The van der Waals surface area contributed by atoms with Crippen molar-refractivity contribution in [2.45, 2.75) is 42.0 Å². The van der Waals surface area contributed by atoms with E-state index in [0.29, 0.717) is 47.9 Å². The van der Waals surface area contributed by atoms with Gasteiger partial charge in [-0.1, -0.05) is 23.4 Å². The lowest BCUT2D eigenvalue weighted by Crippen LogP contribution is -2.60. The standard InChI is InChI=1S/C25H24ClN5O7S/c26-15-1-2-17-16(9-15)29-22(38-17)24(27)11-23(12-24)6-7-25(28,13-23)30-21(33)18-3-4-19(37-18)39(34,35)31-20(32)14-5-8-36-10-14/h1-4,9,14H,5,8,10-13,27-28H2,(H,30,33)(H,31,32)/t14?,23-,24-,25-/m0/s1. The molecule has 1 aliphatic heterocycles. The Labute approximate surface area is 227 Å². The van der Waals surface area contributed by atoms with Crippen LogP contribution < -0.4 is 21.5 Å². The maximum absolute atomic E-state index is 12.9. The van der Waals surface area contributed by atoms with Crippen molar-refractivity contribution < 1.29 is 31.6 Å². The van der Waals surface area contributed by atoms with Gasteiger partial charge in [0.25, 0.3) is 15.9 Å². The van der Waals surface area contributed by atoms with Gasteiger partial charge in [0.2, 0.25) is 16.9 Å². The predicted molar refractivity (Wildman–Crippen MR) is 136 cm³/mol. The summed E-state index contributed by atoms with van der Waals surface area (Å²) in [6.45, 7) is 0.524. The fourth-order valence-corrected chi connectivity index (χ4v) is 6.58. The summed E-state index contributed by atoms with van der Waals surface area (Å²) < 4.78 is 43.3. The van der Waals surface area contributed by atoms with Crippen molar-refractivity contribution in [2.24, 2.45) is 22.8 Å². The second-order valence-corrected chi connectivity index (χ2v) is 12.5. The van der Waals surface area contributed by atoms with Crippen LogP contribution in [0.5, 0.6) is 0 Å². The van der Waals surface area contributed by atoms with Crippen LogP contribution in [0, 0.1) is 23.2 Å². The predicted octanol–water partition coefficient (Wildman–Crippen LogP) is 1.34. The van der Waals surface area contributed by atoms with Gasteiger partial charge in [-0.15, -0.1) is 0 Å². The van der Waals surface area contributed by atoms with Crippen molar-refractivity contribution in [3.05, 3.63) is 47.0 Å². The molecule has 3 aliphatic rings. The summed E-state index contributed by atoms with van der Waals surface area (Å²) in [6.07, 6.45) is 1.50. The van der Waals surface area contributed by atoms with Crippen molar-refractivity contribution in [3.63, 3.8) is 0 Å². The number of furan rings is 1. The number of nitrogens with two attached hydrogens (primary N) is 2. The number of hydrogen-bond donors (Lipinski definition) is 4. The highest BCUT2D eigenvalue weighted by molar-refractivity contribution is 7.89. The molecule has 2 amide bonds. The number of aromatic nitrogens is 1. The van der Waals surface area contributed by atoms with E-state index >= 15 is 0 Å². The molecule has 0 radical (unpaired) electrons. The average Bonchev–Trinajstić information content (AvgIpc) is 3.63. The molecule has 1 aromatic carbocycles. The summed E-state index contributed by atoms with van der Waals surface area (Å²) in [6, 6.07) is 7.40. The Morgan fingerprint density at radius 3 is 2.64 bits per heavy atom. The summed E-state index contributed by atoms with van der Waals surface area (Å²) in [5, 5.41) is 2.58. The van der Waals surface area contributed by atoms with E-state index in [1.807, 2.05) is 4.72 Å². The van der Waals surface area contributed by atoms with Crippen LogP contribution >= 0.6 is 11.6 Å². The molecular weight excluding hydrogens is 550 g/mol. The number of ether oxygens (including phenoxy) is 1. The SMILES string of the molecule is N[C@]1(NC(=O)c2ccc(S(=O)(=O)NC(=O)C3CCOC3)o2)C#C[C@]2(C1)C[C@@](N)(c1nc3cc(Cl)ccc3o1)C2. The first-order valence-electron chi connectivity index (χ1n) is 12.1. The number of fused-ring (bicyclic) bond motifs is 1. The van der Waals surface area contributed by atoms with Gasteiger partial charge in [0, 0.05) is 23.5 Å². The van der Waals surface area contributed by atoms with Crippen LogP contribution in [0.2, 0.25) is 5.02 Å². The van der Waals surface area contributed by atoms with Gasteiger partial charge < -0.3 is 24.6 Å². The van der Waals surface area contributed by atoms with Crippen molar-refractivity contribution in [3.8, 4) is 11.8 Å². The zero-order chi connectivity index (χ0) is 27.6. The van der Waals surface area contributed by atoms with Crippen molar-refractivity contribution in [1.82, 2.24) is 15.0 Å². The van der Waals surface area contributed by atoms with Gasteiger partial charge in [-0.25, -0.2) is 9.71 Å². The highest BCUT2D eigenvalue weighted by Crippen LogP contribution is 2.57. The second kappa shape index (κ2) is 8.80. The van der Waals surface area contributed by atoms with Crippen LogP contribution in [0.15, 0.2) is 44.3 Å². The highest BCUT2D eigenvalue weighted by Gasteiger charge is 2.59. The molecular formula is C25H24ClN5O7S. The molecule has 204 valence electrons. The van der Waals surface area contributed by atoms with E-state index in [1.165, 1.54) is 6.07 Å². The first-order chi connectivity index (χ1) is 18.4. The summed E-state index contributed by atoms with van der Waals surface area (Å²) >= 11 is 6.04. The van der Waals surface area contributed by atoms with Crippen LogP contribution in [0.25, 0.3) is 11.1 Å². The lowest BCUT2D eigenvalue weighted by atomic mass is 9.57. The molecule has 6 rings (SSSR count). The van der Waals surface area contributed by atoms with Gasteiger partial charge in [-0.2, -0.15) is 8.42 Å². The van der Waals surface area contributed by atoms with Crippen molar-refractivity contribution >= 4 is 44.5 Å². The monoisotopic (exact) mass is 573 g/mol. The van der Waals surface area contributed by atoms with Gasteiger partial charge in [-0.05, 0) is 49.6 Å². The number of carbonyl (C=O) groups is 2. The number of carbonyl (C=O) groups excluding carboxylic acids is 2. The topological polar surface area (TPSA) is 193 Å². The Bertz CT molecular complexity index is 1670. The van der Waals surface area contributed by atoms with E-state index in [2.05, 4.69) is 22.1 Å². The number of hydrogen-bond acceptors (Lipinski definition) is 10. The number of nitrogens with one attached hydrogen (secondary N) is 2. The third-order valence-electron chi connectivity index (χ3n) is 7.19. The number of benzene rings is 1. The minimum atomic E-state index is -4.31. The molecule has 2 atom stereocenters. The van der Waals surface area contributed by atoms with E-state index < -0.39 is 49.5 Å². The maximum atomic E-state index is 12.9. The fraction of sp³-hybridized carbons (Fsp3) is 0.400. The summed E-state index contributed by atoms with van der Waals surface area (Å²) in [7, 11) is -4.31. The maximum Gasteiger partial charge on any atom is 0.297 e. The number of amides is 2. The van der Waals surface area contributed by atoms with E-state index in [9.17, 15) is 18.0 Å². The summed E-state index contributed by atoms with van der Waals surface area (Å²) in [5.74, 6) is 4.07. The molecule has 1 unspecified atom stereocenters. The number of sulfonamides is 1. The van der Waals surface area contributed by atoms with Crippen molar-refractivity contribution in [2.75, 3.05) is 13.2 Å². The molecule has 39 heavy (non-hydrogen) atoms. The minimum absolute atomic E-state index is 0.142. The summed E-state index contributed by atoms with van der Waals surface area (Å²) in [5.41, 5.74) is 11.4. The number of oxazole rings is 1. The van der Waals surface area contributed by atoms with Crippen LogP contribution in [-0.4, -0.2) is 44.1 Å². The van der Waals surface area contributed by atoms with E-state index in [4.69, 9.17) is 36.6 Å². The lowest BCUT2D eigenvalue weighted by Gasteiger charge is -2.49. The largest absolute Gasteiger partial charge is 0.439 e. The van der Waals surface area contributed by atoms with E-state index in [0.717, 1.165) is 6.07 Å². The quantitative estimate of drug-likeness (QED) is 0.247.